The summed E-state index contributed by atoms with van der Waals surface area (Å²) in [7, 11) is 0.500. The molecule has 0 unspecified atom stereocenters. The molecule has 0 aliphatic carbocycles. The van der Waals surface area contributed by atoms with Crippen LogP contribution in [0.4, 0.5) is 13.2 Å². The van der Waals surface area contributed by atoms with Crippen molar-refractivity contribution >= 4 is 40.0 Å². The molecule has 2 aromatic rings. The molecule has 0 radical (unpaired) electrons. The molecule has 132 valence electrons. The quantitative estimate of drug-likeness (QED) is 0.463. The van der Waals surface area contributed by atoms with Crippen LogP contribution in [0.15, 0.2) is 45.7 Å². The van der Waals surface area contributed by atoms with E-state index in [4.69, 9.17) is 16.6 Å². The lowest BCUT2D eigenvalue weighted by molar-refractivity contribution is -0.114. The highest BCUT2D eigenvalue weighted by molar-refractivity contribution is 8.26. The first-order chi connectivity index (χ1) is 12.0. The van der Waals surface area contributed by atoms with Gasteiger partial charge in [0.1, 0.15) is 11.5 Å². The topological polar surface area (TPSA) is 30.2 Å². The van der Waals surface area contributed by atoms with Crippen molar-refractivity contribution in [2.24, 2.45) is 0 Å². The first-order valence-electron chi connectivity index (χ1n) is 7.34. The van der Waals surface area contributed by atoms with Gasteiger partial charge in [-0.1, -0.05) is 42.2 Å². The lowest BCUT2D eigenvalue weighted by Crippen LogP contribution is -2.09. The number of thioether (sulfide) groups is 1. The average Bonchev–Trinajstić information content (AvgIpc) is 3.08. The highest BCUT2D eigenvalue weighted by Crippen LogP contribution is 2.32. The fourth-order valence-corrected chi connectivity index (χ4v) is 3.43. The van der Waals surface area contributed by atoms with Crippen LogP contribution in [-0.4, -0.2) is 17.2 Å². The van der Waals surface area contributed by atoms with Gasteiger partial charge in [0.25, 0.3) is 6.43 Å². The number of ketones is 1. The van der Waals surface area contributed by atoms with Crippen LogP contribution >= 0.6 is 24.0 Å². The number of halogens is 3. The first kappa shape index (κ1) is 19.5. The maximum atomic E-state index is 12.8. The van der Waals surface area contributed by atoms with E-state index < -0.39 is 6.43 Å². The number of alkyl halides is 3. The van der Waals surface area contributed by atoms with Crippen LogP contribution in [0.3, 0.4) is 0 Å². The van der Waals surface area contributed by atoms with Crippen LogP contribution in [0, 0.1) is 0 Å². The van der Waals surface area contributed by atoms with Crippen LogP contribution < -0.4 is 0 Å². The molecule has 7 heteroatoms. The second-order valence-electron chi connectivity index (χ2n) is 5.03. The molecule has 1 saturated heterocycles. The molecule has 1 aromatic carbocycles. The Balaban J connectivity index is 0.00000109. The van der Waals surface area contributed by atoms with Gasteiger partial charge in [0.05, 0.1) is 16.3 Å². The van der Waals surface area contributed by atoms with E-state index in [0.717, 1.165) is 4.20 Å². The van der Waals surface area contributed by atoms with E-state index in [0.29, 0.717) is 42.0 Å². The Kier molecular flexibility index (Phi) is 7.01. The van der Waals surface area contributed by atoms with E-state index in [1.165, 1.54) is 23.9 Å². The molecular formula is C18H15F3O2S2. The van der Waals surface area contributed by atoms with Crippen LogP contribution in [0.5, 0.6) is 0 Å². The van der Waals surface area contributed by atoms with Gasteiger partial charge >= 0.3 is 0 Å². The second kappa shape index (κ2) is 9.01. The largest absolute Gasteiger partial charge is 0.457 e. The zero-order valence-electron chi connectivity index (χ0n) is 13.3. The maximum Gasteiger partial charge on any atom is 0.263 e. The Hall–Kier alpha value is -1.86. The van der Waals surface area contributed by atoms with Gasteiger partial charge in [0.15, 0.2) is 5.78 Å². The molecule has 1 fully saturated rings. The molecular weight excluding hydrogens is 369 g/mol. The lowest BCUT2D eigenvalue weighted by Gasteiger charge is -2.12. The summed E-state index contributed by atoms with van der Waals surface area (Å²) in [4.78, 5) is 12.4. The fraction of sp³-hybridized carbons (Fsp3) is 0.222. The Bertz CT molecular complexity index is 797. The summed E-state index contributed by atoms with van der Waals surface area (Å²) in [5, 5.41) is 0. The van der Waals surface area contributed by atoms with Crippen molar-refractivity contribution in [2.75, 3.05) is 7.18 Å². The summed E-state index contributed by atoms with van der Waals surface area (Å²) in [6.07, 6.45) is 0.171. The van der Waals surface area contributed by atoms with E-state index in [1.54, 1.807) is 30.3 Å². The van der Waals surface area contributed by atoms with Crippen molar-refractivity contribution in [3.63, 3.8) is 0 Å². The number of thiocarbonyl (C=S) groups is 1. The van der Waals surface area contributed by atoms with E-state index in [2.05, 4.69) is 0 Å². The van der Waals surface area contributed by atoms with Gasteiger partial charge in [-0.3, -0.25) is 9.18 Å². The summed E-state index contributed by atoms with van der Waals surface area (Å²) >= 11 is 6.43. The molecule has 0 saturated carbocycles. The predicted octanol–water partition coefficient (Wildman–Crippen LogP) is 6.23. The molecule has 1 aliphatic rings. The van der Waals surface area contributed by atoms with Gasteiger partial charge in [-0.05, 0) is 30.7 Å². The van der Waals surface area contributed by atoms with Crippen molar-refractivity contribution in [1.82, 2.24) is 0 Å². The molecule has 0 atom stereocenters. The third kappa shape index (κ3) is 5.06. The SMILES string of the molecule is CF.O=C1CCC(=S)S/C1=C/c1ccc(-c2cccc(C(F)F)c2)o1. The number of hydrogen-bond acceptors (Lipinski definition) is 4. The summed E-state index contributed by atoms with van der Waals surface area (Å²) in [5.74, 6) is 1.03. The minimum atomic E-state index is -2.52. The van der Waals surface area contributed by atoms with Crippen molar-refractivity contribution in [2.45, 2.75) is 19.3 Å². The zero-order chi connectivity index (χ0) is 18.4. The molecule has 2 nitrogen and oxygen atoms in total. The van der Waals surface area contributed by atoms with Crippen LogP contribution in [0.2, 0.25) is 0 Å². The second-order valence-corrected chi connectivity index (χ2v) is 6.92. The van der Waals surface area contributed by atoms with Gasteiger partial charge in [0, 0.05) is 17.5 Å². The molecule has 3 rings (SSSR count). The molecule has 25 heavy (non-hydrogen) atoms. The number of furan rings is 1. The Morgan fingerprint density at radius 2 is 1.96 bits per heavy atom. The van der Waals surface area contributed by atoms with E-state index in [-0.39, 0.29) is 11.3 Å². The number of carbonyl (C=O) groups excluding carboxylic acids is 1. The van der Waals surface area contributed by atoms with E-state index >= 15 is 0 Å². The smallest absolute Gasteiger partial charge is 0.263 e. The maximum absolute atomic E-state index is 12.8. The van der Waals surface area contributed by atoms with Gasteiger partial charge in [0.2, 0.25) is 0 Å². The van der Waals surface area contributed by atoms with Gasteiger partial charge in [-0.15, -0.1) is 0 Å². The van der Waals surface area contributed by atoms with Crippen molar-refractivity contribution in [3.8, 4) is 11.3 Å². The average molecular weight is 384 g/mol. The van der Waals surface area contributed by atoms with Crippen LogP contribution in [0.25, 0.3) is 17.4 Å². The van der Waals surface area contributed by atoms with Gasteiger partial charge in [-0.2, -0.15) is 0 Å². The van der Waals surface area contributed by atoms with Crippen LogP contribution in [-0.2, 0) is 4.79 Å². The Labute approximate surface area is 153 Å². The lowest BCUT2D eigenvalue weighted by atomic mass is 10.1. The fourth-order valence-electron chi connectivity index (χ4n) is 2.22. The third-order valence-electron chi connectivity index (χ3n) is 3.38. The predicted molar refractivity (Wildman–Crippen MR) is 98.5 cm³/mol. The van der Waals surface area contributed by atoms with Crippen LogP contribution in [0.1, 0.15) is 30.6 Å². The number of allylic oxidation sites excluding steroid dienone is 1. The first-order valence-corrected chi connectivity index (χ1v) is 8.57. The molecule has 0 bridgehead atoms. The molecule has 1 aromatic heterocycles. The van der Waals surface area contributed by atoms with Crippen molar-refractivity contribution in [1.29, 1.82) is 0 Å². The van der Waals surface area contributed by atoms with Gasteiger partial charge < -0.3 is 4.42 Å². The van der Waals surface area contributed by atoms with Gasteiger partial charge in [-0.25, -0.2) is 8.78 Å². The van der Waals surface area contributed by atoms with Crippen molar-refractivity contribution < 1.29 is 22.4 Å². The number of benzene rings is 1. The minimum Gasteiger partial charge on any atom is -0.457 e. The summed E-state index contributed by atoms with van der Waals surface area (Å²) in [6, 6.07) is 9.46. The third-order valence-corrected chi connectivity index (χ3v) is 4.83. The summed E-state index contributed by atoms with van der Waals surface area (Å²) < 4.78 is 41.5. The normalized spacial score (nSPS) is 16.1. The standard InChI is InChI=1S/C17H12F2O2S2.CH3F/c18-17(19)11-3-1-2-10(8-11)14-6-4-12(21-14)9-15-13(20)5-7-16(22)23-15;1-2/h1-4,6,8-9,17H,5,7H2;1H3/b15-9+;. The summed E-state index contributed by atoms with van der Waals surface area (Å²) in [6.45, 7) is 0. The number of carbonyl (C=O) groups is 1. The van der Waals surface area contributed by atoms with E-state index in [9.17, 15) is 18.0 Å². The molecule has 0 amide bonds. The Morgan fingerprint density at radius 1 is 1.20 bits per heavy atom. The number of hydrogen-bond donors (Lipinski definition) is 0. The number of Topliss-reactive ketones (excluding diaryl/α,β-unsaturated/α-hetero) is 1. The molecule has 1 aliphatic heterocycles. The zero-order valence-corrected chi connectivity index (χ0v) is 14.9. The van der Waals surface area contributed by atoms with Crippen molar-refractivity contribution in [3.05, 3.63) is 52.6 Å². The molecule has 2 heterocycles. The highest BCUT2D eigenvalue weighted by Gasteiger charge is 2.20. The monoisotopic (exact) mass is 384 g/mol. The molecule has 0 N–H and O–H groups in total. The number of rotatable bonds is 3. The van der Waals surface area contributed by atoms with E-state index in [1.807, 2.05) is 0 Å². The highest BCUT2D eigenvalue weighted by atomic mass is 32.2. The summed E-state index contributed by atoms with van der Waals surface area (Å²) in [5.41, 5.74) is 0.521. The minimum absolute atomic E-state index is 0.0428. The Morgan fingerprint density at radius 3 is 2.68 bits per heavy atom. The molecule has 0 spiro atoms.